The highest BCUT2D eigenvalue weighted by atomic mass is 35.5. The molecule has 3 rings (SSSR count). The molecule has 2 nitrogen and oxygen atoms in total. The summed E-state index contributed by atoms with van der Waals surface area (Å²) in [4.78, 5) is 0. The molecular weight excluding hydrogens is 231 g/mol. The lowest BCUT2D eigenvalue weighted by Gasteiger charge is -2.08. The molecule has 4 heteroatoms. The number of hydrogen-bond donors (Lipinski definition) is 2. The molecule has 1 unspecified atom stereocenters. The van der Waals surface area contributed by atoms with Gasteiger partial charge >= 0.3 is 0 Å². The van der Waals surface area contributed by atoms with E-state index in [4.69, 9.17) is 0 Å². The Kier molecular flexibility index (Phi) is 4.26. The molecular formula is C11H16Cl2N2. The second-order valence-corrected chi connectivity index (χ2v) is 3.91. The molecule has 1 aromatic rings. The Balaban J connectivity index is 0.000000562. The van der Waals surface area contributed by atoms with E-state index in [-0.39, 0.29) is 24.8 Å². The van der Waals surface area contributed by atoms with Crippen molar-refractivity contribution in [2.24, 2.45) is 0 Å². The van der Waals surface area contributed by atoms with Gasteiger partial charge in [0.15, 0.2) is 0 Å². The number of anilines is 1. The van der Waals surface area contributed by atoms with Crippen LogP contribution in [0.25, 0.3) is 0 Å². The Morgan fingerprint density at radius 1 is 1.13 bits per heavy atom. The minimum atomic E-state index is 0. The minimum absolute atomic E-state index is 0. The van der Waals surface area contributed by atoms with Crippen LogP contribution >= 0.6 is 24.8 Å². The van der Waals surface area contributed by atoms with Crippen molar-refractivity contribution in [1.29, 1.82) is 0 Å². The average molecular weight is 247 g/mol. The van der Waals surface area contributed by atoms with Crippen LogP contribution in [-0.2, 0) is 6.42 Å². The van der Waals surface area contributed by atoms with E-state index in [0.29, 0.717) is 5.92 Å². The summed E-state index contributed by atoms with van der Waals surface area (Å²) in [6.45, 7) is 3.38. The third kappa shape index (κ3) is 2.07. The van der Waals surface area contributed by atoms with Gasteiger partial charge in [0.25, 0.3) is 0 Å². The van der Waals surface area contributed by atoms with Crippen molar-refractivity contribution < 1.29 is 0 Å². The Morgan fingerprint density at radius 2 is 2.00 bits per heavy atom. The molecule has 0 saturated carbocycles. The SMILES string of the molecule is Cl.Cl.c1cc2c3c(c1)NCC3CNCC2. The molecule has 0 aromatic heterocycles. The summed E-state index contributed by atoms with van der Waals surface area (Å²) in [5.74, 6) is 0.702. The molecule has 84 valence electrons. The van der Waals surface area contributed by atoms with E-state index in [1.807, 2.05) is 0 Å². The number of halogens is 2. The van der Waals surface area contributed by atoms with E-state index in [9.17, 15) is 0 Å². The summed E-state index contributed by atoms with van der Waals surface area (Å²) in [6, 6.07) is 6.63. The van der Waals surface area contributed by atoms with Crippen LogP contribution in [0.1, 0.15) is 17.0 Å². The molecule has 0 spiro atoms. The van der Waals surface area contributed by atoms with Crippen LogP contribution in [0.5, 0.6) is 0 Å². The first-order valence-corrected chi connectivity index (χ1v) is 5.01. The number of benzene rings is 1. The number of nitrogens with one attached hydrogen (secondary N) is 2. The molecule has 1 aromatic carbocycles. The van der Waals surface area contributed by atoms with Gasteiger partial charge in [-0.2, -0.15) is 0 Å². The van der Waals surface area contributed by atoms with Crippen molar-refractivity contribution in [3.8, 4) is 0 Å². The summed E-state index contributed by atoms with van der Waals surface area (Å²) in [7, 11) is 0. The zero-order valence-corrected chi connectivity index (χ0v) is 10.1. The van der Waals surface area contributed by atoms with Crippen molar-refractivity contribution in [3.05, 3.63) is 29.3 Å². The fourth-order valence-electron chi connectivity index (χ4n) is 2.48. The van der Waals surface area contributed by atoms with Crippen LogP contribution < -0.4 is 10.6 Å². The van der Waals surface area contributed by atoms with Gasteiger partial charge in [-0.05, 0) is 30.2 Å². The second kappa shape index (κ2) is 5.06. The molecule has 15 heavy (non-hydrogen) atoms. The van der Waals surface area contributed by atoms with Gasteiger partial charge < -0.3 is 10.6 Å². The summed E-state index contributed by atoms with van der Waals surface area (Å²) in [5.41, 5.74) is 4.48. The maximum atomic E-state index is 3.49. The van der Waals surface area contributed by atoms with E-state index in [1.54, 1.807) is 5.56 Å². The maximum absolute atomic E-state index is 3.49. The van der Waals surface area contributed by atoms with Gasteiger partial charge in [-0.25, -0.2) is 0 Å². The van der Waals surface area contributed by atoms with Crippen LogP contribution in [0.3, 0.4) is 0 Å². The summed E-state index contributed by atoms with van der Waals surface area (Å²) in [5, 5.41) is 6.96. The quantitative estimate of drug-likeness (QED) is 0.734. The van der Waals surface area contributed by atoms with Crippen LogP contribution in [0, 0.1) is 0 Å². The van der Waals surface area contributed by atoms with E-state index < -0.39 is 0 Å². The predicted molar refractivity (Wildman–Crippen MR) is 68.7 cm³/mol. The van der Waals surface area contributed by atoms with Gasteiger partial charge in [0.05, 0.1) is 0 Å². The molecule has 0 saturated heterocycles. The zero-order chi connectivity index (χ0) is 8.67. The largest absolute Gasteiger partial charge is 0.384 e. The van der Waals surface area contributed by atoms with Crippen LogP contribution in [0.4, 0.5) is 5.69 Å². The number of hydrogen-bond acceptors (Lipinski definition) is 2. The normalized spacial score (nSPS) is 21.5. The maximum Gasteiger partial charge on any atom is 0.0379 e. The van der Waals surface area contributed by atoms with Crippen molar-refractivity contribution in [3.63, 3.8) is 0 Å². The first-order chi connectivity index (χ1) is 6.45. The highest BCUT2D eigenvalue weighted by Crippen LogP contribution is 2.34. The molecule has 0 fully saturated rings. The monoisotopic (exact) mass is 246 g/mol. The third-order valence-electron chi connectivity index (χ3n) is 3.11. The fourth-order valence-corrected chi connectivity index (χ4v) is 2.48. The van der Waals surface area contributed by atoms with Crippen LogP contribution in [0.15, 0.2) is 18.2 Å². The van der Waals surface area contributed by atoms with Gasteiger partial charge in [0.1, 0.15) is 0 Å². The molecule has 0 amide bonds. The van der Waals surface area contributed by atoms with E-state index in [2.05, 4.69) is 28.8 Å². The Labute approximate surface area is 103 Å². The lowest BCUT2D eigenvalue weighted by molar-refractivity contribution is 0.639. The highest BCUT2D eigenvalue weighted by Gasteiger charge is 2.25. The van der Waals surface area contributed by atoms with E-state index >= 15 is 0 Å². The van der Waals surface area contributed by atoms with Gasteiger partial charge in [0.2, 0.25) is 0 Å². The summed E-state index contributed by atoms with van der Waals surface area (Å²) in [6.07, 6.45) is 1.18. The minimum Gasteiger partial charge on any atom is -0.384 e. The fraction of sp³-hybridized carbons (Fsp3) is 0.455. The lowest BCUT2D eigenvalue weighted by Crippen LogP contribution is -2.21. The Bertz CT molecular complexity index is 341. The first kappa shape index (κ1) is 12.6. The van der Waals surface area contributed by atoms with Crippen molar-refractivity contribution in [2.75, 3.05) is 25.0 Å². The van der Waals surface area contributed by atoms with E-state index in [0.717, 1.165) is 19.6 Å². The molecule has 1 atom stereocenters. The molecule has 0 radical (unpaired) electrons. The van der Waals surface area contributed by atoms with Gasteiger partial charge in [0, 0.05) is 24.7 Å². The third-order valence-corrected chi connectivity index (χ3v) is 3.11. The topological polar surface area (TPSA) is 24.1 Å². The standard InChI is InChI=1S/C11H14N2.2ClH/c1-2-8-4-5-12-6-9-7-13-10(3-1)11(8)9;;/h1-3,9,12-13H,4-7H2;2*1H. The molecule has 2 heterocycles. The van der Waals surface area contributed by atoms with Crippen LogP contribution in [-0.4, -0.2) is 19.6 Å². The zero-order valence-electron chi connectivity index (χ0n) is 8.45. The summed E-state index contributed by atoms with van der Waals surface area (Å²) < 4.78 is 0. The first-order valence-electron chi connectivity index (χ1n) is 5.01. The van der Waals surface area contributed by atoms with Gasteiger partial charge in [-0.1, -0.05) is 12.1 Å². The second-order valence-electron chi connectivity index (χ2n) is 3.91. The van der Waals surface area contributed by atoms with Crippen molar-refractivity contribution in [2.45, 2.75) is 12.3 Å². The summed E-state index contributed by atoms with van der Waals surface area (Å²) >= 11 is 0. The smallest absolute Gasteiger partial charge is 0.0379 e. The van der Waals surface area contributed by atoms with Gasteiger partial charge in [-0.3, -0.25) is 0 Å². The van der Waals surface area contributed by atoms with Crippen molar-refractivity contribution in [1.82, 2.24) is 5.32 Å². The Morgan fingerprint density at radius 3 is 2.87 bits per heavy atom. The molecule has 0 bridgehead atoms. The predicted octanol–water partition coefficient (Wildman–Crippen LogP) is 2.18. The molecule has 2 aliphatic rings. The molecule has 2 aliphatic heterocycles. The number of rotatable bonds is 0. The van der Waals surface area contributed by atoms with Gasteiger partial charge in [-0.15, -0.1) is 24.8 Å². The molecule has 2 N–H and O–H groups in total. The Hall–Kier alpha value is -0.440. The average Bonchev–Trinajstić information content (AvgIpc) is 2.44. The highest BCUT2D eigenvalue weighted by molar-refractivity contribution is 5.85. The lowest BCUT2D eigenvalue weighted by atomic mass is 9.96. The van der Waals surface area contributed by atoms with Crippen LogP contribution in [0.2, 0.25) is 0 Å². The van der Waals surface area contributed by atoms with E-state index in [1.165, 1.54) is 17.7 Å². The van der Waals surface area contributed by atoms with Crippen molar-refractivity contribution >= 4 is 30.5 Å². The molecule has 0 aliphatic carbocycles.